The molecule has 0 radical (unpaired) electrons. The van der Waals surface area contributed by atoms with Crippen molar-refractivity contribution < 1.29 is 13.9 Å². The third-order valence-corrected chi connectivity index (χ3v) is 4.26. The van der Waals surface area contributed by atoms with E-state index < -0.39 is 0 Å². The van der Waals surface area contributed by atoms with Crippen molar-refractivity contribution in [2.45, 2.75) is 13.3 Å². The zero-order valence-electron chi connectivity index (χ0n) is 15.8. The van der Waals surface area contributed by atoms with E-state index in [1.807, 2.05) is 25.1 Å². The van der Waals surface area contributed by atoms with Crippen LogP contribution < -0.4 is 15.4 Å². The second kappa shape index (κ2) is 8.99. The number of carbonyl (C=O) groups excluding carboxylic acids is 1. The number of amides is 1. The van der Waals surface area contributed by atoms with Crippen LogP contribution in [0.5, 0.6) is 5.75 Å². The number of aryl methyl sites for hydroxylation is 1. The zero-order valence-corrected chi connectivity index (χ0v) is 15.8. The van der Waals surface area contributed by atoms with Gasteiger partial charge in [-0.2, -0.15) is 0 Å². The van der Waals surface area contributed by atoms with E-state index in [1.54, 1.807) is 31.4 Å². The number of halogens is 1. The summed E-state index contributed by atoms with van der Waals surface area (Å²) < 4.78 is 18.2. The quantitative estimate of drug-likeness (QED) is 0.644. The number of aromatic nitrogens is 1. The lowest BCUT2D eigenvalue weighted by molar-refractivity contribution is 0.0954. The van der Waals surface area contributed by atoms with Gasteiger partial charge in [0.15, 0.2) is 0 Å². The molecule has 6 heteroatoms. The summed E-state index contributed by atoms with van der Waals surface area (Å²) >= 11 is 0. The summed E-state index contributed by atoms with van der Waals surface area (Å²) in [6.07, 6.45) is 2.16. The molecule has 2 aromatic carbocycles. The molecule has 0 aliphatic carbocycles. The number of nitrogens with one attached hydrogen (secondary N) is 2. The summed E-state index contributed by atoms with van der Waals surface area (Å²) in [6.45, 7) is 2.46. The van der Waals surface area contributed by atoms with Gasteiger partial charge in [-0.1, -0.05) is 18.2 Å². The van der Waals surface area contributed by atoms with E-state index in [4.69, 9.17) is 4.74 Å². The van der Waals surface area contributed by atoms with Crippen LogP contribution in [-0.2, 0) is 6.42 Å². The summed E-state index contributed by atoms with van der Waals surface area (Å²) in [5, 5.41) is 6.05. The molecule has 0 saturated carbocycles. The summed E-state index contributed by atoms with van der Waals surface area (Å²) in [5.41, 5.74) is 3.35. The lowest BCUT2D eigenvalue weighted by atomic mass is 10.1. The first kappa shape index (κ1) is 19.4. The van der Waals surface area contributed by atoms with Crippen LogP contribution in [0.4, 0.5) is 15.9 Å². The Labute approximate surface area is 163 Å². The fraction of sp³-hybridized carbons (Fsp3) is 0.182. The second-order valence-electron chi connectivity index (χ2n) is 6.39. The third kappa shape index (κ3) is 5.07. The predicted molar refractivity (Wildman–Crippen MR) is 108 cm³/mol. The normalized spacial score (nSPS) is 10.4. The maximum Gasteiger partial charge on any atom is 0.252 e. The third-order valence-electron chi connectivity index (χ3n) is 4.26. The highest BCUT2D eigenvalue weighted by molar-refractivity contribution is 5.94. The van der Waals surface area contributed by atoms with Gasteiger partial charge in [-0.25, -0.2) is 9.37 Å². The van der Waals surface area contributed by atoms with Gasteiger partial charge < -0.3 is 15.4 Å². The molecule has 0 atom stereocenters. The van der Waals surface area contributed by atoms with Crippen molar-refractivity contribution in [3.05, 3.63) is 83.3 Å². The van der Waals surface area contributed by atoms with Gasteiger partial charge in [0, 0.05) is 12.7 Å². The molecule has 2 N–H and O–H groups in total. The highest BCUT2D eigenvalue weighted by atomic mass is 19.1. The molecule has 0 saturated heterocycles. The van der Waals surface area contributed by atoms with E-state index in [9.17, 15) is 9.18 Å². The van der Waals surface area contributed by atoms with Crippen molar-refractivity contribution >= 4 is 17.4 Å². The Kier molecular flexibility index (Phi) is 6.22. The number of hydrogen-bond donors (Lipinski definition) is 2. The van der Waals surface area contributed by atoms with Gasteiger partial charge >= 0.3 is 0 Å². The van der Waals surface area contributed by atoms with E-state index in [1.165, 1.54) is 18.3 Å². The fourth-order valence-corrected chi connectivity index (χ4v) is 2.73. The molecule has 3 rings (SSSR count). The van der Waals surface area contributed by atoms with Crippen molar-refractivity contribution in [3.63, 3.8) is 0 Å². The lowest BCUT2D eigenvalue weighted by Gasteiger charge is -2.12. The summed E-state index contributed by atoms with van der Waals surface area (Å²) in [7, 11) is 1.61. The molecule has 0 aliphatic rings. The minimum absolute atomic E-state index is 0.200. The fourth-order valence-electron chi connectivity index (χ4n) is 2.73. The minimum Gasteiger partial charge on any atom is -0.495 e. The zero-order chi connectivity index (χ0) is 19.9. The molecule has 1 aromatic heterocycles. The van der Waals surface area contributed by atoms with Gasteiger partial charge in [-0.05, 0) is 60.9 Å². The molecule has 0 unspecified atom stereocenters. The number of benzene rings is 2. The van der Waals surface area contributed by atoms with Crippen LogP contribution in [0.1, 0.15) is 21.5 Å². The van der Waals surface area contributed by atoms with E-state index in [2.05, 4.69) is 15.6 Å². The summed E-state index contributed by atoms with van der Waals surface area (Å²) in [5.74, 6) is 0.868. The Morgan fingerprint density at radius 3 is 2.57 bits per heavy atom. The van der Waals surface area contributed by atoms with Crippen LogP contribution in [0.15, 0.2) is 60.8 Å². The van der Waals surface area contributed by atoms with Gasteiger partial charge in [0.05, 0.1) is 18.4 Å². The van der Waals surface area contributed by atoms with Crippen molar-refractivity contribution in [2.75, 3.05) is 19.0 Å². The average molecular weight is 379 g/mol. The van der Waals surface area contributed by atoms with Crippen LogP contribution >= 0.6 is 0 Å². The van der Waals surface area contributed by atoms with Crippen molar-refractivity contribution in [2.24, 2.45) is 0 Å². The molecular formula is C22H22FN3O2. The number of nitrogens with zero attached hydrogens (tertiary/aromatic N) is 1. The lowest BCUT2D eigenvalue weighted by Crippen LogP contribution is -2.25. The number of ether oxygens (including phenoxy) is 1. The molecule has 28 heavy (non-hydrogen) atoms. The Morgan fingerprint density at radius 1 is 1.11 bits per heavy atom. The Bertz CT molecular complexity index is 941. The van der Waals surface area contributed by atoms with Gasteiger partial charge in [0.2, 0.25) is 0 Å². The molecule has 5 nitrogen and oxygen atoms in total. The standard InChI is InChI=1S/C22H22FN3O2/c1-15-3-9-20(28-2)19(13-15)26-21-10-6-17(14-25-21)22(27)24-12-11-16-4-7-18(23)8-5-16/h3-10,13-14H,11-12H2,1-2H3,(H,24,27)(H,25,26). The molecule has 0 bridgehead atoms. The van der Waals surface area contributed by atoms with Gasteiger partial charge in [0.1, 0.15) is 17.4 Å². The molecular weight excluding hydrogens is 357 g/mol. The monoisotopic (exact) mass is 379 g/mol. The van der Waals surface area contributed by atoms with E-state index in [0.29, 0.717) is 24.3 Å². The van der Waals surface area contributed by atoms with Crippen molar-refractivity contribution in [3.8, 4) is 5.75 Å². The number of anilines is 2. The number of pyridine rings is 1. The summed E-state index contributed by atoms with van der Waals surface area (Å²) in [4.78, 5) is 16.6. The van der Waals surface area contributed by atoms with Crippen LogP contribution in [-0.4, -0.2) is 24.5 Å². The SMILES string of the molecule is COc1ccc(C)cc1Nc1ccc(C(=O)NCCc2ccc(F)cc2)cn1. The Hall–Kier alpha value is -3.41. The molecule has 3 aromatic rings. The largest absolute Gasteiger partial charge is 0.495 e. The number of rotatable bonds is 7. The van der Waals surface area contributed by atoms with Gasteiger partial charge in [-0.15, -0.1) is 0 Å². The van der Waals surface area contributed by atoms with E-state index >= 15 is 0 Å². The van der Waals surface area contributed by atoms with Crippen LogP contribution in [0, 0.1) is 12.7 Å². The molecule has 0 spiro atoms. The maximum absolute atomic E-state index is 12.9. The van der Waals surface area contributed by atoms with Gasteiger partial charge in [-0.3, -0.25) is 4.79 Å². The topological polar surface area (TPSA) is 63.2 Å². The molecule has 1 heterocycles. The molecule has 144 valence electrons. The molecule has 1 amide bonds. The minimum atomic E-state index is -0.268. The number of carbonyl (C=O) groups is 1. The molecule has 0 fully saturated rings. The molecule has 0 aliphatic heterocycles. The van der Waals surface area contributed by atoms with Gasteiger partial charge in [0.25, 0.3) is 5.91 Å². The first-order valence-corrected chi connectivity index (χ1v) is 8.95. The predicted octanol–water partition coefficient (Wildman–Crippen LogP) is 4.25. The van der Waals surface area contributed by atoms with Crippen LogP contribution in [0.25, 0.3) is 0 Å². The van der Waals surface area contributed by atoms with Crippen LogP contribution in [0.3, 0.4) is 0 Å². The number of hydrogen-bond acceptors (Lipinski definition) is 4. The first-order valence-electron chi connectivity index (χ1n) is 8.95. The highest BCUT2D eigenvalue weighted by Crippen LogP contribution is 2.27. The van der Waals surface area contributed by atoms with Crippen molar-refractivity contribution in [1.29, 1.82) is 0 Å². The van der Waals surface area contributed by atoms with E-state index in [-0.39, 0.29) is 11.7 Å². The van der Waals surface area contributed by atoms with E-state index in [0.717, 1.165) is 22.6 Å². The second-order valence-corrected chi connectivity index (χ2v) is 6.39. The first-order chi connectivity index (χ1) is 13.5. The van der Waals surface area contributed by atoms with Crippen LogP contribution in [0.2, 0.25) is 0 Å². The Balaban J connectivity index is 1.57. The average Bonchev–Trinajstić information content (AvgIpc) is 2.70. The summed E-state index contributed by atoms with van der Waals surface area (Å²) in [6, 6.07) is 15.5. The highest BCUT2D eigenvalue weighted by Gasteiger charge is 2.08. The Morgan fingerprint density at radius 2 is 1.89 bits per heavy atom. The number of methoxy groups -OCH3 is 1. The smallest absolute Gasteiger partial charge is 0.252 e. The van der Waals surface area contributed by atoms with Crippen molar-refractivity contribution in [1.82, 2.24) is 10.3 Å². The maximum atomic E-state index is 12.9.